The number of hydrogen-bond acceptors (Lipinski definition) is 6. The van der Waals surface area contributed by atoms with Gasteiger partial charge in [0.25, 0.3) is 5.91 Å². The van der Waals surface area contributed by atoms with Gasteiger partial charge in [-0.05, 0) is 31.7 Å². The molecule has 0 aliphatic carbocycles. The molecule has 0 bridgehead atoms. The summed E-state index contributed by atoms with van der Waals surface area (Å²) in [6, 6.07) is 5.65. The molecule has 1 aromatic rings. The number of β-amino-alcohol motifs (C(OH)–C–C–N with tert-alkyl or cyclic N) is 1. The van der Waals surface area contributed by atoms with Crippen LogP contribution >= 0.6 is 0 Å². The number of ether oxygens (including phenoxy) is 3. The van der Waals surface area contributed by atoms with Crippen LogP contribution in [0.15, 0.2) is 18.2 Å². The van der Waals surface area contributed by atoms with E-state index in [0.717, 1.165) is 37.9 Å². The average Bonchev–Trinajstić information content (AvgIpc) is 2.72. The Hall–Kier alpha value is -1.83. The second kappa shape index (κ2) is 9.11. The van der Waals surface area contributed by atoms with Crippen molar-refractivity contribution in [3.63, 3.8) is 0 Å². The number of likely N-dealkylation sites (tertiary alicyclic amines) is 2. The van der Waals surface area contributed by atoms with Crippen LogP contribution in [0, 0.1) is 0 Å². The number of rotatable bonds is 7. The molecule has 7 heteroatoms. The lowest BCUT2D eigenvalue weighted by atomic mass is 9.90. The summed E-state index contributed by atoms with van der Waals surface area (Å²) in [6.45, 7) is 3.10. The molecule has 2 aliphatic rings. The van der Waals surface area contributed by atoms with Crippen LogP contribution < -0.4 is 9.47 Å². The van der Waals surface area contributed by atoms with E-state index >= 15 is 0 Å². The molecule has 3 rings (SSSR count). The molecule has 1 atom stereocenters. The summed E-state index contributed by atoms with van der Waals surface area (Å²) in [4.78, 5) is 17.1. The molecule has 1 aromatic carbocycles. The lowest BCUT2D eigenvalue weighted by Crippen LogP contribution is -2.59. The maximum absolute atomic E-state index is 13.2. The van der Waals surface area contributed by atoms with Gasteiger partial charge < -0.3 is 24.2 Å². The van der Waals surface area contributed by atoms with Gasteiger partial charge in [-0.15, -0.1) is 0 Å². The zero-order valence-corrected chi connectivity index (χ0v) is 17.1. The second-order valence-electron chi connectivity index (χ2n) is 7.73. The first-order valence-corrected chi connectivity index (χ1v) is 9.97. The number of carbonyl (C=O) groups is 1. The molecule has 2 fully saturated rings. The Bertz CT molecular complexity index is 675. The van der Waals surface area contributed by atoms with Crippen LogP contribution in [-0.2, 0) is 16.1 Å². The fourth-order valence-electron chi connectivity index (χ4n) is 4.32. The van der Waals surface area contributed by atoms with Crippen LogP contribution in [0.2, 0.25) is 0 Å². The van der Waals surface area contributed by atoms with Crippen LogP contribution in [0.4, 0.5) is 0 Å². The summed E-state index contributed by atoms with van der Waals surface area (Å²) in [6.07, 6.45) is 3.44. The highest BCUT2D eigenvalue weighted by atomic mass is 16.5. The predicted molar refractivity (Wildman–Crippen MR) is 106 cm³/mol. The smallest absolute Gasteiger partial charge is 0.256 e. The van der Waals surface area contributed by atoms with Crippen molar-refractivity contribution in [3.8, 4) is 11.5 Å². The van der Waals surface area contributed by atoms with Crippen LogP contribution in [0.5, 0.6) is 11.5 Å². The highest BCUT2D eigenvalue weighted by molar-refractivity contribution is 5.86. The van der Waals surface area contributed by atoms with Gasteiger partial charge in [0.1, 0.15) is 0 Å². The zero-order valence-electron chi connectivity index (χ0n) is 17.1. The normalized spacial score (nSPS) is 24.4. The van der Waals surface area contributed by atoms with E-state index in [0.29, 0.717) is 37.6 Å². The van der Waals surface area contributed by atoms with Crippen molar-refractivity contribution in [1.29, 1.82) is 0 Å². The van der Waals surface area contributed by atoms with Crippen LogP contribution in [-0.4, -0.2) is 80.0 Å². The van der Waals surface area contributed by atoms with E-state index in [-0.39, 0.29) is 12.0 Å². The summed E-state index contributed by atoms with van der Waals surface area (Å²) in [5.41, 5.74) is -0.454. The van der Waals surface area contributed by atoms with Gasteiger partial charge in [-0.2, -0.15) is 0 Å². The SMILES string of the molecule is COc1cccc(CN2CCC[C@@](O)(CN3CCC(OC)CC3)C2=O)c1OC. The predicted octanol–water partition coefficient (Wildman–Crippen LogP) is 1.67. The van der Waals surface area contributed by atoms with E-state index in [1.54, 1.807) is 26.2 Å². The van der Waals surface area contributed by atoms with Crippen molar-refractivity contribution in [3.05, 3.63) is 23.8 Å². The Labute approximate surface area is 167 Å². The Kier molecular flexibility index (Phi) is 6.80. The number of carbonyl (C=O) groups excluding carboxylic acids is 1. The summed E-state index contributed by atoms with van der Waals surface area (Å²) >= 11 is 0. The zero-order chi connectivity index (χ0) is 20.1. The molecule has 156 valence electrons. The minimum atomic E-state index is -1.33. The number of methoxy groups -OCH3 is 3. The summed E-state index contributed by atoms with van der Waals surface area (Å²) in [5.74, 6) is 1.08. The molecule has 2 aliphatic heterocycles. The van der Waals surface area contributed by atoms with E-state index in [1.165, 1.54) is 0 Å². The van der Waals surface area contributed by atoms with Gasteiger partial charge in [-0.1, -0.05) is 12.1 Å². The molecule has 7 nitrogen and oxygen atoms in total. The van der Waals surface area contributed by atoms with E-state index in [1.807, 2.05) is 18.2 Å². The first-order chi connectivity index (χ1) is 13.5. The van der Waals surface area contributed by atoms with Crippen LogP contribution in [0.1, 0.15) is 31.2 Å². The maximum atomic E-state index is 13.2. The minimum absolute atomic E-state index is 0.197. The van der Waals surface area contributed by atoms with Crippen molar-refractivity contribution in [2.45, 2.75) is 43.9 Å². The Balaban J connectivity index is 1.69. The number of aliphatic hydroxyl groups is 1. The van der Waals surface area contributed by atoms with E-state index in [2.05, 4.69) is 4.90 Å². The van der Waals surface area contributed by atoms with Crippen molar-refractivity contribution in [2.75, 3.05) is 47.5 Å². The Morgan fingerprint density at radius 1 is 1.14 bits per heavy atom. The highest BCUT2D eigenvalue weighted by Crippen LogP contribution is 2.33. The monoisotopic (exact) mass is 392 g/mol. The number of nitrogens with zero attached hydrogens (tertiary/aromatic N) is 2. The lowest BCUT2D eigenvalue weighted by Gasteiger charge is -2.42. The molecule has 1 N–H and O–H groups in total. The molecular formula is C21H32N2O5. The van der Waals surface area contributed by atoms with Gasteiger partial charge in [-0.3, -0.25) is 9.69 Å². The third-order valence-electron chi connectivity index (χ3n) is 5.90. The van der Waals surface area contributed by atoms with Gasteiger partial charge in [0.2, 0.25) is 0 Å². The van der Waals surface area contributed by atoms with Crippen LogP contribution in [0.25, 0.3) is 0 Å². The third kappa shape index (κ3) is 4.42. The standard InChI is InChI=1S/C21H32N2O5/c1-26-17-8-12-22(13-9-17)15-21(25)10-5-11-23(20(21)24)14-16-6-4-7-18(27-2)19(16)28-3/h4,6-7,17,25H,5,8-15H2,1-3H3/t21-/m1/s1. The highest BCUT2D eigenvalue weighted by Gasteiger charge is 2.43. The largest absolute Gasteiger partial charge is 0.493 e. The van der Waals surface area contributed by atoms with E-state index in [4.69, 9.17) is 14.2 Å². The molecule has 28 heavy (non-hydrogen) atoms. The molecule has 2 saturated heterocycles. The lowest BCUT2D eigenvalue weighted by molar-refractivity contribution is -0.161. The molecule has 0 unspecified atom stereocenters. The number of hydrogen-bond donors (Lipinski definition) is 1. The number of benzene rings is 1. The first-order valence-electron chi connectivity index (χ1n) is 9.97. The molecule has 1 amide bonds. The molecule has 0 spiro atoms. The van der Waals surface area contributed by atoms with Gasteiger partial charge in [0, 0.05) is 45.4 Å². The molecule has 2 heterocycles. The number of piperidine rings is 2. The second-order valence-corrected chi connectivity index (χ2v) is 7.73. The van der Waals surface area contributed by atoms with Gasteiger partial charge >= 0.3 is 0 Å². The van der Waals surface area contributed by atoms with E-state index < -0.39 is 5.60 Å². The molecular weight excluding hydrogens is 360 g/mol. The maximum Gasteiger partial charge on any atom is 0.256 e. The van der Waals surface area contributed by atoms with Crippen molar-refractivity contribution < 1.29 is 24.1 Å². The van der Waals surface area contributed by atoms with E-state index in [9.17, 15) is 9.90 Å². The van der Waals surface area contributed by atoms with Crippen molar-refractivity contribution in [1.82, 2.24) is 9.80 Å². The number of para-hydroxylation sites is 1. The summed E-state index contributed by atoms with van der Waals surface area (Å²) < 4.78 is 16.3. The molecule has 0 saturated carbocycles. The summed E-state index contributed by atoms with van der Waals surface area (Å²) in [5, 5.41) is 11.2. The van der Waals surface area contributed by atoms with Crippen LogP contribution in [0.3, 0.4) is 0 Å². The van der Waals surface area contributed by atoms with Crippen molar-refractivity contribution in [2.24, 2.45) is 0 Å². The fourth-order valence-corrected chi connectivity index (χ4v) is 4.32. The van der Waals surface area contributed by atoms with Gasteiger partial charge in [0.05, 0.1) is 20.3 Å². The van der Waals surface area contributed by atoms with Crippen molar-refractivity contribution >= 4 is 5.91 Å². The summed E-state index contributed by atoms with van der Waals surface area (Å²) in [7, 11) is 4.93. The molecule has 0 aromatic heterocycles. The molecule has 0 radical (unpaired) electrons. The Morgan fingerprint density at radius 2 is 1.89 bits per heavy atom. The quantitative estimate of drug-likeness (QED) is 0.761. The Morgan fingerprint density at radius 3 is 2.54 bits per heavy atom. The van der Waals surface area contributed by atoms with Gasteiger partial charge in [0.15, 0.2) is 17.1 Å². The average molecular weight is 392 g/mol. The first kappa shape index (κ1) is 20.9. The number of amides is 1. The minimum Gasteiger partial charge on any atom is -0.493 e. The van der Waals surface area contributed by atoms with Gasteiger partial charge in [-0.25, -0.2) is 0 Å². The topological polar surface area (TPSA) is 71.5 Å². The fraction of sp³-hybridized carbons (Fsp3) is 0.667. The third-order valence-corrected chi connectivity index (χ3v) is 5.90.